The van der Waals surface area contributed by atoms with Gasteiger partial charge in [0.15, 0.2) is 0 Å². The molecule has 152 valence electrons. The van der Waals surface area contributed by atoms with Crippen LogP contribution in [0.25, 0.3) is 0 Å². The van der Waals surface area contributed by atoms with E-state index in [-0.39, 0.29) is 5.41 Å². The van der Waals surface area contributed by atoms with Gasteiger partial charge in [-0.05, 0) is 59.4 Å². The molecule has 3 fully saturated rings. The Morgan fingerprint density at radius 2 is 1.82 bits per heavy atom. The Hall–Kier alpha value is -1.69. The first kappa shape index (κ1) is 18.3. The number of piperazine rings is 1. The van der Waals surface area contributed by atoms with Gasteiger partial charge in [0.25, 0.3) is 0 Å². The van der Waals surface area contributed by atoms with Crippen LogP contribution < -0.4 is 4.90 Å². The Labute approximate surface area is 168 Å². The molecule has 1 unspecified atom stereocenters. The van der Waals surface area contributed by atoms with Crippen LogP contribution >= 0.6 is 0 Å². The normalized spacial score (nSPS) is 27.3. The van der Waals surface area contributed by atoms with E-state index in [4.69, 9.17) is 9.97 Å². The third kappa shape index (κ3) is 3.00. The third-order valence-corrected chi connectivity index (χ3v) is 7.67. The zero-order valence-electron chi connectivity index (χ0n) is 17.6. The molecule has 5 rings (SSSR count). The molecule has 1 saturated carbocycles. The quantitative estimate of drug-likeness (QED) is 0.783. The minimum atomic E-state index is 0.163. The Kier molecular flexibility index (Phi) is 4.38. The van der Waals surface area contributed by atoms with E-state index in [9.17, 15) is 4.79 Å². The number of nitrogens with zero attached hydrogens (tertiary/aromatic N) is 5. The minimum absolute atomic E-state index is 0.163. The average Bonchev–Trinajstić information content (AvgIpc) is 3.49. The summed E-state index contributed by atoms with van der Waals surface area (Å²) in [5, 5.41) is 0. The van der Waals surface area contributed by atoms with Gasteiger partial charge in [0, 0.05) is 55.7 Å². The third-order valence-electron chi connectivity index (χ3n) is 7.67. The predicted molar refractivity (Wildman–Crippen MR) is 110 cm³/mol. The second-order valence-electron chi connectivity index (χ2n) is 9.58. The van der Waals surface area contributed by atoms with Gasteiger partial charge in [-0.15, -0.1) is 0 Å². The number of aromatic nitrogens is 2. The van der Waals surface area contributed by atoms with Crippen molar-refractivity contribution in [2.24, 2.45) is 5.92 Å². The maximum absolute atomic E-state index is 12.5. The topological polar surface area (TPSA) is 52.6 Å². The summed E-state index contributed by atoms with van der Waals surface area (Å²) >= 11 is 0. The minimum Gasteiger partial charge on any atom is -0.353 e. The van der Waals surface area contributed by atoms with Crippen LogP contribution in [-0.2, 0) is 16.6 Å². The van der Waals surface area contributed by atoms with Crippen LogP contribution in [0.3, 0.4) is 0 Å². The summed E-state index contributed by atoms with van der Waals surface area (Å²) in [6.07, 6.45) is 6.58. The maximum Gasteiger partial charge on any atom is 0.225 e. The van der Waals surface area contributed by atoms with Crippen LogP contribution in [0.1, 0.15) is 56.1 Å². The predicted octanol–water partition coefficient (Wildman–Crippen LogP) is 2.14. The standard InChI is InChI=1S/C22H33N5O/c1-15-14-27(13-12-25(15)3)20-18-6-7-22(19(18)23-16(2)24-20)8-10-26(11-9-22)21(28)17-4-5-17/h15,17H,4-14H2,1-3H3. The van der Waals surface area contributed by atoms with Crippen LogP contribution in [0.15, 0.2) is 0 Å². The number of hydrogen-bond acceptors (Lipinski definition) is 5. The fourth-order valence-corrected chi connectivity index (χ4v) is 5.47. The number of hydrogen-bond donors (Lipinski definition) is 0. The molecule has 0 bridgehead atoms. The largest absolute Gasteiger partial charge is 0.353 e. The van der Waals surface area contributed by atoms with Crippen LogP contribution in [0.2, 0.25) is 0 Å². The van der Waals surface area contributed by atoms with Crippen molar-refractivity contribution in [3.63, 3.8) is 0 Å². The fraction of sp³-hybridized carbons (Fsp3) is 0.773. The molecular formula is C22H33N5O. The highest BCUT2D eigenvalue weighted by Gasteiger charge is 2.46. The molecule has 6 heteroatoms. The number of likely N-dealkylation sites (N-methyl/N-ethyl adjacent to an activating group) is 1. The second-order valence-corrected chi connectivity index (χ2v) is 9.58. The van der Waals surface area contributed by atoms with Gasteiger partial charge in [-0.1, -0.05) is 0 Å². The molecule has 0 aromatic carbocycles. The Balaban J connectivity index is 1.40. The second kappa shape index (κ2) is 6.68. The number of carbonyl (C=O) groups excluding carboxylic acids is 1. The molecular weight excluding hydrogens is 350 g/mol. The van der Waals surface area contributed by atoms with Crippen molar-refractivity contribution >= 4 is 11.7 Å². The van der Waals surface area contributed by atoms with Gasteiger partial charge in [0.05, 0.1) is 5.69 Å². The van der Waals surface area contributed by atoms with E-state index in [1.54, 1.807) is 0 Å². The van der Waals surface area contributed by atoms with Gasteiger partial charge in [-0.3, -0.25) is 4.79 Å². The summed E-state index contributed by atoms with van der Waals surface area (Å²) in [6.45, 7) is 9.31. The number of likely N-dealkylation sites (tertiary alicyclic amines) is 1. The number of amides is 1. The van der Waals surface area contributed by atoms with Gasteiger partial charge in [-0.2, -0.15) is 0 Å². The number of piperidine rings is 1. The number of rotatable bonds is 2. The summed E-state index contributed by atoms with van der Waals surface area (Å²) in [5.41, 5.74) is 2.86. The van der Waals surface area contributed by atoms with E-state index >= 15 is 0 Å². The van der Waals surface area contributed by atoms with Crippen molar-refractivity contribution in [3.05, 3.63) is 17.1 Å². The number of anilines is 1. The summed E-state index contributed by atoms with van der Waals surface area (Å²) in [6, 6.07) is 0.548. The highest BCUT2D eigenvalue weighted by molar-refractivity contribution is 5.81. The summed E-state index contributed by atoms with van der Waals surface area (Å²) in [5.74, 6) is 2.83. The lowest BCUT2D eigenvalue weighted by atomic mass is 9.76. The van der Waals surface area contributed by atoms with Crippen molar-refractivity contribution in [2.45, 2.75) is 63.8 Å². The molecule has 1 amide bonds. The lowest BCUT2D eigenvalue weighted by Gasteiger charge is -2.40. The molecule has 1 aromatic heterocycles. The molecule has 3 heterocycles. The molecule has 1 spiro atoms. The van der Waals surface area contributed by atoms with Crippen LogP contribution in [0, 0.1) is 12.8 Å². The van der Waals surface area contributed by atoms with Crippen molar-refractivity contribution in [3.8, 4) is 0 Å². The van der Waals surface area contributed by atoms with E-state index in [0.29, 0.717) is 17.9 Å². The van der Waals surface area contributed by atoms with Gasteiger partial charge in [0.2, 0.25) is 5.91 Å². The SMILES string of the molecule is Cc1nc(N2CCN(C)C(C)C2)c2c(n1)C1(CC2)CCN(C(=O)C2CC2)CC1. The zero-order chi connectivity index (χ0) is 19.5. The van der Waals surface area contributed by atoms with E-state index in [1.807, 2.05) is 6.92 Å². The number of carbonyl (C=O) groups is 1. The Bertz CT molecular complexity index is 781. The Morgan fingerprint density at radius 3 is 2.50 bits per heavy atom. The maximum atomic E-state index is 12.5. The van der Waals surface area contributed by atoms with Crippen molar-refractivity contribution < 1.29 is 4.79 Å². The van der Waals surface area contributed by atoms with Crippen LogP contribution in [0.4, 0.5) is 5.82 Å². The lowest BCUT2D eigenvalue weighted by molar-refractivity contribution is -0.134. The summed E-state index contributed by atoms with van der Waals surface area (Å²) in [7, 11) is 2.21. The molecule has 2 aliphatic heterocycles. The molecule has 4 aliphatic rings. The highest BCUT2D eigenvalue weighted by Crippen LogP contribution is 2.48. The summed E-state index contributed by atoms with van der Waals surface area (Å²) < 4.78 is 0. The molecule has 2 saturated heterocycles. The van der Waals surface area contributed by atoms with Crippen LogP contribution in [-0.4, -0.2) is 71.5 Å². The van der Waals surface area contributed by atoms with Crippen molar-refractivity contribution in [1.29, 1.82) is 0 Å². The van der Waals surface area contributed by atoms with E-state index in [1.165, 1.54) is 23.5 Å². The molecule has 6 nitrogen and oxygen atoms in total. The van der Waals surface area contributed by atoms with E-state index in [0.717, 1.165) is 70.7 Å². The van der Waals surface area contributed by atoms with Gasteiger partial charge < -0.3 is 14.7 Å². The number of fused-ring (bicyclic) bond motifs is 2. The van der Waals surface area contributed by atoms with Crippen molar-refractivity contribution in [1.82, 2.24) is 19.8 Å². The summed E-state index contributed by atoms with van der Waals surface area (Å²) in [4.78, 5) is 29.4. The first-order valence-corrected chi connectivity index (χ1v) is 11.1. The fourth-order valence-electron chi connectivity index (χ4n) is 5.47. The molecule has 28 heavy (non-hydrogen) atoms. The molecule has 0 radical (unpaired) electrons. The van der Waals surface area contributed by atoms with Gasteiger partial charge in [-0.25, -0.2) is 9.97 Å². The smallest absolute Gasteiger partial charge is 0.225 e. The highest BCUT2D eigenvalue weighted by atomic mass is 16.2. The first-order chi connectivity index (χ1) is 13.5. The lowest BCUT2D eigenvalue weighted by Crippen LogP contribution is -2.50. The van der Waals surface area contributed by atoms with Crippen LogP contribution in [0.5, 0.6) is 0 Å². The van der Waals surface area contributed by atoms with Gasteiger partial charge >= 0.3 is 0 Å². The first-order valence-electron chi connectivity index (χ1n) is 11.1. The molecule has 0 N–H and O–H groups in total. The zero-order valence-corrected chi connectivity index (χ0v) is 17.6. The monoisotopic (exact) mass is 383 g/mol. The van der Waals surface area contributed by atoms with Crippen molar-refractivity contribution in [2.75, 3.05) is 44.7 Å². The molecule has 1 aromatic rings. The Morgan fingerprint density at radius 1 is 1.07 bits per heavy atom. The van der Waals surface area contributed by atoms with E-state index < -0.39 is 0 Å². The van der Waals surface area contributed by atoms with E-state index in [2.05, 4.69) is 28.7 Å². The average molecular weight is 384 g/mol. The molecule has 1 atom stereocenters. The van der Waals surface area contributed by atoms with Gasteiger partial charge in [0.1, 0.15) is 11.6 Å². The molecule has 2 aliphatic carbocycles. The number of aryl methyl sites for hydroxylation is 1.